The van der Waals surface area contributed by atoms with Crippen LogP contribution in [0, 0.1) is 11.8 Å². The Kier molecular flexibility index (Phi) is 8.35. The maximum Gasteiger partial charge on any atom is 0.142 e. The van der Waals surface area contributed by atoms with Crippen LogP contribution in [0.25, 0.3) is 108 Å². The summed E-state index contributed by atoms with van der Waals surface area (Å²) in [6.45, 7) is 0. The average molecular weight is 857 g/mol. The molecule has 308 valence electrons. The van der Waals surface area contributed by atoms with Crippen molar-refractivity contribution in [3.63, 3.8) is 0 Å². The van der Waals surface area contributed by atoms with Gasteiger partial charge in [-0.05, 0) is 118 Å². The van der Waals surface area contributed by atoms with Crippen molar-refractivity contribution in [1.29, 1.82) is 0 Å². The van der Waals surface area contributed by atoms with Gasteiger partial charge in [0.15, 0.2) is 0 Å². The maximum absolute atomic E-state index is 7.18. The summed E-state index contributed by atoms with van der Waals surface area (Å²) >= 11 is 1.88. The van der Waals surface area contributed by atoms with Crippen LogP contribution < -0.4 is 10.4 Å². The SMILES string of the molecule is C1=CC2C(c3ccc4sc5ccc(-c6ccccc6)cc5c4c3)=c3ccccc3=C(c3cccc4c3oc3cc(-c5c6ccccc6c(-c6ccccc6)c6ccccc56)ccc34)C2C=C1. The Balaban J connectivity index is 0.970. The standard InChI is InChI=1S/C64H40OS/c1-3-16-39(17-4-1)41-31-34-58-55(36-41)56-37-42(32-35-59(56)66-58)61-49-24-11-13-26-51(49)63(52-27-14-12-25-50(52)61)54-29-15-28-53-44-33-30-43(38-57(44)65-64(53)54)62-47-22-9-7-20-45(47)60(40-18-5-2-6-19-40)46-21-8-10-23-48(46)62/h1-38,49,51H. The van der Waals surface area contributed by atoms with E-state index in [1.54, 1.807) is 0 Å². The fraction of sp³-hybridized carbons (Fsp3) is 0.0312. The molecule has 0 N–H and O–H groups in total. The van der Waals surface area contributed by atoms with Crippen molar-refractivity contribution in [2.45, 2.75) is 0 Å². The number of allylic oxidation sites excluding steroid dienone is 4. The van der Waals surface area contributed by atoms with Gasteiger partial charge in [-0.3, -0.25) is 0 Å². The Morgan fingerprint density at radius 2 is 0.848 bits per heavy atom. The quantitative estimate of drug-likeness (QED) is 0.157. The molecule has 0 bridgehead atoms. The number of hydrogen-bond acceptors (Lipinski definition) is 2. The largest absolute Gasteiger partial charge is 0.455 e. The summed E-state index contributed by atoms with van der Waals surface area (Å²) in [5.74, 6) is 0.267. The highest BCUT2D eigenvalue weighted by Gasteiger charge is 2.33. The average Bonchev–Trinajstić information content (AvgIpc) is 3.95. The molecular formula is C64H40OS. The molecule has 12 aromatic rings. The van der Waals surface area contributed by atoms with Crippen molar-refractivity contribution in [3.05, 3.63) is 252 Å². The van der Waals surface area contributed by atoms with Crippen LogP contribution in [0.2, 0.25) is 0 Å². The van der Waals surface area contributed by atoms with Crippen molar-refractivity contribution >= 4 is 86.1 Å². The lowest BCUT2D eigenvalue weighted by Gasteiger charge is -2.33. The third-order valence-electron chi connectivity index (χ3n) is 14.3. The Bertz CT molecular complexity index is 4110. The van der Waals surface area contributed by atoms with Crippen LogP contribution in [0.4, 0.5) is 0 Å². The van der Waals surface area contributed by atoms with Gasteiger partial charge in [-0.1, -0.05) is 194 Å². The molecule has 2 unspecified atom stereocenters. The zero-order valence-corrected chi connectivity index (χ0v) is 36.7. The predicted molar refractivity (Wildman–Crippen MR) is 280 cm³/mol. The normalized spacial score (nSPS) is 15.7. The Morgan fingerprint density at radius 1 is 0.333 bits per heavy atom. The zero-order valence-electron chi connectivity index (χ0n) is 35.9. The third kappa shape index (κ3) is 5.65. The molecule has 1 nitrogen and oxygen atoms in total. The van der Waals surface area contributed by atoms with E-state index in [0.717, 1.165) is 33.1 Å². The lowest BCUT2D eigenvalue weighted by molar-refractivity contribution is 0.659. The molecule has 66 heavy (non-hydrogen) atoms. The van der Waals surface area contributed by atoms with Crippen molar-refractivity contribution in [1.82, 2.24) is 0 Å². The van der Waals surface area contributed by atoms with E-state index in [-0.39, 0.29) is 11.8 Å². The van der Waals surface area contributed by atoms with E-state index in [2.05, 4.69) is 231 Å². The molecule has 2 aliphatic rings. The second kappa shape index (κ2) is 14.8. The first kappa shape index (κ1) is 37.3. The number of benzene rings is 10. The number of hydrogen-bond donors (Lipinski definition) is 0. The van der Waals surface area contributed by atoms with E-state index in [9.17, 15) is 0 Å². The van der Waals surface area contributed by atoms with Gasteiger partial charge in [0.1, 0.15) is 11.2 Å². The molecule has 2 heterocycles. The number of thiophene rings is 1. The Labute approximate surface area is 385 Å². The smallest absolute Gasteiger partial charge is 0.142 e. The molecule has 0 fully saturated rings. The van der Waals surface area contributed by atoms with E-state index in [1.165, 1.54) is 96.7 Å². The lowest BCUT2D eigenvalue weighted by atomic mass is 9.70. The Morgan fingerprint density at radius 3 is 1.52 bits per heavy atom. The van der Waals surface area contributed by atoms with Gasteiger partial charge in [0.2, 0.25) is 0 Å². The van der Waals surface area contributed by atoms with Crippen LogP contribution in [0.15, 0.2) is 235 Å². The van der Waals surface area contributed by atoms with Crippen LogP contribution in [-0.2, 0) is 0 Å². The third-order valence-corrected chi connectivity index (χ3v) is 15.4. The van der Waals surface area contributed by atoms with Crippen molar-refractivity contribution in [2.75, 3.05) is 0 Å². The van der Waals surface area contributed by atoms with E-state index in [4.69, 9.17) is 4.42 Å². The molecule has 14 rings (SSSR count). The van der Waals surface area contributed by atoms with Gasteiger partial charge < -0.3 is 4.42 Å². The molecule has 2 atom stereocenters. The van der Waals surface area contributed by atoms with Gasteiger partial charge in [0.05, 0.1) is 0 Å². The van der Waals surface area contributed by atoms with Gasteiger partial charge in [-0.2, -0.15) is 0 Å². The number of furan rings is 1. The first-order valence-corrected chi connectivity index (χ1v) is 23.7. The van der Waals surface area contributed by atoms with E-state index < -0.39 is 0 Å². The molecule has 0 spiro atoms. The van der Waals surface area contributed by atoms with Crippen molar-refractivity contribution in [2.24, 2.45) is 11.8 Å². The fourth-order valence-electron chi connectivity index (χ4n) is 11.4. The summed E-state index contributed by atoms with van der Waals surface area (Å²) in [6, 6.07) is 76.0. The molecule has 2 aliphatic carbocycles. The first-order valence-electron chi connectivity index (χ1n) is 22.9. The molecule has 0 aliphatic heterocycles. The molecular weight excluding hydrogens is 817 g/mol. The minimum atomic E-state index is 0.120. The summed E-state index contributed by atoms with van der Waals surface area (Å²) in [7, 11) is 0. The molecule has 0 saturated carbocycles. The van der Waals surface area contributed by atoms with Gasteiger partial charge >= 0.3 is 0 Å². The van der Waals surface area contributed by atoms with Gasteiger partial charge in [-0.15, -0.1) is 11.3 Å². The van der Waals surface area contributed by atoms with E-state index in [1.807, 2.05) is 11.3 Å². The highest BCUT2D eigenvalue weighted by atomic mass is 32.1. The molecule has 2 aromatic heterocycles. The zero-order chi connectivity index (χ0) is 43.3. The lowest BCUT2D eigenvalue weighted by Crippen LogP contribution is -2.40. The highest BCUT2D eigenvalue weighted by molar-refractivity contribution is 7.25. The van der Waals surface area contributed by atoms with Gasteiger partial charge in [0, 0.05) is 48.3 Å². The highest BCUT2D eigenvalue weighted by Crippen LogP contribution is 2.47. The Hall–Kier alpha value is -8.04. The first-order chi connectivity index (χ1) is 32.7. The summed E-state index contributed by atoms with van der Waals surface area (Å²) in [6.07, 6.45) is 9.30. The maximum atomic E-state index is 7.18. The molecule has 0 radical (unpaired) electrons. The number of rotatable bonds is 5. The summed E-state index contributed by atoms with van der Waals surface area (Å²) in [4.78, 5) is 0. The second-order valence-corrected chi connectivity index (χ2v) is 18.9. The van der Waals surface area contributed by atoms with Crippen LogP contribution in [0.1, 0.15) is 11.1 Å². The number of para-hydroxylation sites is 1. The minimum Gasteiger partial charge on any atom is -0.455 e. The topological polar surface area (TPSA) is 13.1 Å². The second-order valence-electron chi connectivity index (χ2n) is 17.8. The molecule has 0 amide bonds. The van der Waals surface area contributed by atoms with Crippen LogP contribution in [0.3, 0.4) is 0 Å². The van der Waals surface area contributed by atoms with Crippen LogP contribution >= 0.6 is 11.3 Å². The van der Waals surface area contributed by atoms with Crippen LogP contribution in [0.5, 0.6) is 0 Å². The fourth-order valence-corrected chi connectivity index (χ4v) is 12.5. The molecule has 2 heteroatoms. The van der Waals surface area contributed by atoms with Crippen molar-refractivity contribution in [3.8, 4) is 33.4 Å². The monoisotopic (exact) mass is 856 g/mol. The molecule has 0 saturated heterocycles. The van der Waals surface area contributed by atoms with E-state index >= 15 is 0 Å². The van der Waals surface area contributed by atoms with Crippen molar-refractivity contribution < 1.29 is 4.42 Å². The van der Waals surface area contributed by atoms with Crippen LogP contribution in [-0.4, -0.2) is 0 Å². The minimum absolute atomic E-state index is 0.120. The summed E-state index contributed by atoms with van der Waals surface area (Å²) < 4.78 is 9.81. The summed E-state index contributed by atoms with van der Waals surface area (Å²) in [5.41, 5.74) is 14.3. The van der Waals surface area contributed by atoms with Gasteiger partial charge in [-0.25, -0.2) is 0 Å². The number of fused-ring (bicyclic) bond motifs is 10. The predicted octanol–water partition coefficient (Wildman–Crippen LogP) is 16.0. The summed E-state index contributed by atoms with van der Waals surface area (Å²) in [5, 5.41) is 12.4. The van der Waals surface area contributed by atoms with Gasteiger partial charge in [0.25, 0.3) is 0 Å². The molecule has 10 aromatic carbocycles. The van der Waals surface area contributed by atoms with E-state index in [0.29, 0.717) is 0 Å².